The largest absolute Gasteiger partial charge is 0.423 e. The predicted molar refractivity (Wildman–Crippen MR) is 121 cm³/mol. The highest BCUT2D eigenvalue weighted by Gasteiger charge is 2.17. The number of fused-ring (bicyclic) bond motifs is 1. The van der Waals surface area contributed by atoms with Gasteiger partial charge in [0.2, 0.25) is 0 Å². The summed E-state index contributed by atoms with van der Waals surface area (Å²) in [4.78, 5) is 37.0. The van der Waals surface area contributed by atoms with E-state index < -0.39 is 17.5 Å². The van der Waals surface area contributed by atoms with E-state index in [1.807, 2.05) is 12.1 Å². The molecule has 32 heavy (non-hydrogen) atoms. The number of methoxy groups -OCH3 is 1. The third-order valence-electron chi connectivity index (χ3n) is 4.96. The van der Waals surface area contributed by atoms with Gasteiger partial charge in [0.25, 0.3) is 5.91 Å². The Balaban J connectivity index is 1.74. The molecule has 1 heterocycles. The highest BCUT2D eigenvalue weighted by molar-refractivity contribution is 5.97. The van der Waals surface area contributed by atoms with E-state index in [-0.39, 0.29) is 22.3 Å². The Hall–Kier alpha value is -3.45. The third-order valence-corrected chi connectivity index (χ3v) is 4.96. The Morgan fingerprint density at radius 2 is 1.75 bits per heavy atom. The quantitative estimate of drug-likeness (QED) is 0.259. The van der Waals surface area contributed by atoms with Crippen LogP contribution in [-0.4, -0.2) is 32.1 Å². The van der Waals surface area contributed by atoms with Crippen molar-refractivity contribution in [2.45, 2.75) is 32.6 Å². The molecule has 0 bridgehead atoms. The van der Waals surface area contributed by atoms with E-state index in [1.165, 1.54) is 12.1 Å². The number of benzene rings is 2. The topological polar surface area (TPSA) is 94.8 Å². The average Bonchev–Trinajstić information content (AvgIpc) is 2.75. The van der Waals surface area contributed by atoms with Crippen LogP contribution in [0.2, 0.25) is 0 Å². The van der Waals surface area contributed by atoms with Crippen molar-refractivity contribution in [2.24, 2.45) is 0 Å². The molecule has 168 valence electrons. The van der Waals surface area contributed by atoms with E-state index in [4.69, 9.17) is 13.9 Å². The molecule has 0 atom stereocenters. The lowest BCUT2D eigenvalue weighted by Crippen LogP contribution is -2.29. The second kappa shape index (κ2) is 9.78. The minimum Gasteiger partial charge on any atom is -0.423 e. The van der Waals surface area contributed by atoms with Crippen LogP contribution in [0.4, 0.5) is 0 Å². The molecule has 0 aliphatic carbocycles. The van der Waals surface area contributed by atoms with E-state index in [2.05, 4.69) is 26.1 Å². The van der Waals surface area contributed by atoms with Crippen LogP contribution in [0.15, 0.2) is 57.7 Å². The van der Waals surface area contributed by atoms with Crippen LogP contribution in [0.5, 0.6) is 5.75 Å². The maximum Gasteiger partial charge on any atom is 0.349 e. The summed E-state index contributed by atoms with van der Waals surface area (Å²) in [6.45, 7) is 7.18. The zero-order chi connectivity index (χ0) is 23.3. The van der Waals surface area contributed by atoms with Crippen molar-refractivity contribution in [1.82, 2.24) is 5.32 Å². The van der Waals surface area contributed by atoms with Gasteiger partial charge in [0.05, 0.1) is 5.56 Å². The number of hydrogen-bond acceptors (Lipinski definition) is 6. The second-order valence-electron chi connectivity index (χ2n) is 8.47. The molecule has 7 nitrogen and oxygen atoms in total. The van der Waals surface area contributed by atoms with E-state index in [0.29, 0.717) is 30.5 Å². The van der Waals surface area contributed by atoms with Crippen molar-refractivity contribution in [1.29, 1.82) is 0 Å². The highest BCUT2D eigenvalue weighted by atomic mass is 16.5. The van der Waals surface area contributed by atoms with E-state index in [1.54, 1.807) is 31.4 Å². The molecule has 3 aromatic rings. The molecule has 1 N–H and O–H groups in total. The molecule has 0 spiro atoms. The van der Waals surface area contributed by atoms with Crippen molar-refractivity contribution >= 4 is 22.8 Å². The van der Waals surface area contributed by atoms with Gasteiger partial charge in [-0.1, -0.05) is 32.9 Å². The first kappa shape index (κ1) is 23.2. The van der Waals surface area contributed by atoms with Crippen LogP contribution in [0, 0.1) is 0 Å². The van der Waals surface area contributed by atoms with Gasteiger partial charge in [0.15, 0.2) is 0 Å². The minimum absolute atomic E-state index is 0.0159. The maximum atomic E-state index is 12.5. The zero-order valence-electron chi connectivity index (χ0n) is 18.7. The fourth-order valence-corrected chi connectivity index (χ4v) is 3.10. The molecule has 3 rings (SSSR count). The molecule has 0 fully saturated rings. The normalized spacial score (nSPS) is 11.4. The van der Waals surface area contributed by atoms with Gasteiger partial charge in [0, 0.05) is 31.7 Å². The summed E-state index contributed by atoms with van der Waals surface area (Å²) >= 11 is 0. The Bertz CT molecular complexity index is 1170. The fraction of sp³-hybridized carbons (Fsp3) is 0.320. The second-order valence-corrected chi connectivity index (χ2v) is 8.47. The van der Waals surface area contributed by atoms with Gasteiger partial charge in [-0.2, -0.15) is 0 Å². The predicted octanol–water partition coefficient (Wildman–Crippen LogP) is 4.08. The van der Waals surface area contributed by atoms with Crippen molar-refractivity contribution < 1.29 is 23.5 Å². The fourth-order valence-electron chi connectivity index (χ4n) is 3.10. The first-order chi connectivity index (χ1) is 15.2. The lowest BCUT2D eigenvalue weighted by atomic mass is 9.87. The molecule has 1 amide bonds. The van der Waals surface area contributed by atoms with Crippen LogP contribution in [0.3, 0.4) is 0 Å². The molecular formula is C25H27NO6. The highest BCUT2D eigenvalue weighted by Crippen LogP contribution is 2.24. The molecule has 0 saturated carbocycles. The van der Waals surface area contributed by atoms with Gasteiger partial charge in [-0.3, -0.25) is 4.79 Å². The molecule has 1 aromatic heterocycles. The Morgan fingerprint density at radius 1 is 1.03 bits per heavy atom. The Labute approximate surface area is 186 Å². The van der Waals surface area contributed by atoms with Crippen molar-refractivity contribution in [3.8, 4) is 5.75 Å². The summed E-state index contributed by atoms with van der Waals surface area (Å²) in [6.07, 6.45) is 0.634. The zero-order valence-corrected chi connectivity index (χ0v) is 18.7. The molecule has 7 heteroatoms. The summed E-state index contributed by atoms with van der Waals surface area (Å²) in [7, 11) is 1.58. The molecule has 0 saturated heterocycles. The average molecular weight is 437 g/mol. The van der Waals surface area contributed by atoms with E-state index in [0.717, 1.165) is 5.56 Å². The summed E-state index contributed by atoms with van der Waals surface area (Å²) in [5, 5.41) is 3.20. The minimum atomic E-state index is -0.761. The van der Waals surface area contributed by atoms with E-state index >= 15 is 0 Å². The molecule has 0 radical (unpaired) electrons. The first-order valence-electron chi connectivity index (χ1n) is 10.4. The number of ether oxygens (including phenoxy) is 2. The number of esters is 1. The lowest BCUT2D eigenvalue weighted by molar-refractivity contribution is 0.0734. The van der Waals surface area contributed by atoms with Gasteiger partial charge in [0.1, 0.15) is 16.9 Å². The Kier molecular flexibility index (Phi) is 7.10. The number of nitrogens with one attached hydrogen (secondary N) is 1. The number of rotatable bonds is 7. The number of amides is 1. The van der Waals surface area contributed by atoms with Crippen LogP contribution >= 0.6 is 0 Å². The van der Waals surface area contributed by atoms with Crippen LogP contribution in [0.1, 0.15) is 53.5 Å². The van der Waals surface area contributed by atoms with Gasteiger partial charge >= 0.3 is 11.6 Å². The molecule has 0 aliphatic heterocycles. The van der Waals surface area contributed by atoms with Crippen LogP contribution in [0.25, 0.3) is 11.0 Å². The maximum absolute atomic E-state index is 12.5. The van der Waals surface area contributed by atoms with Crippen LogP contribution < -0.4 is 15.7 Å². The Morgan fingerprint density at radius 3 is 2.41 bits per heavy atom. The summed E-state index contributed by atoms with van der Waals surface area (Å²) < 4.78 is 15.7. The lowest BCUT2D eigenvalue weighted by Gasteiger charge is -2.18. The monoisotopic (exact) mass is 437 g/mol. The third kappa shape index (κ3) is 5.62. The smallest absolute Gasteiger partial charge is 0.349 e. The van der Waals surface area contributed by atoms with Crippen molar-refractivity contribution in [3.05, 3.63) is 75.6 Å². The summed E-state index contributed by atoms with van der Waals surface area (Å²) in [5.41, 5.74) is 0.888. The van der Waals surface area contributed by atoms with Gasteiger partial charge in [-0.05, 0) is 47.7 Å². The van der Waals surface area contributed by atoms with Crippen LogP contribution in [-0.2, 0) is 10.2 Å². The molecular weight excluding hydrogens is 410 g/mol. The SMILES string of the molecule is COCCCNC(=O)c1cc2ccc(OC(=O)c3ccc(C(C)(C)C)cc3)cc2oc1=O. The summed E-state index contributed by atoms with van der Waals surface area (Å²) in [6, 6.07) is 13.4. The first-order valence-corrected chi connectivity index (χ1v) is 10.4. The van der Waals surface area contributed by atoms with E-state index in [9.17, 15) is 14.4 Å². The van der Waals surface area contributed by atoms with Crippen molar-refractivity contribution in [3.63, 3.8) is 0 Å². The summed E-state index contributed by atoms with van der Waals surface area (Å²) in [5.74, 6) is -0.785. The van der Waals surface area contributed by atoms with Crippen molar-refractivity contribution in [2.75, 3.05) is 20.3 Å². The number of carbonyl (C=O) groups excluding carboxylic acids is 2. The number of hydrogen-bond donors (Lipinski definition) is 1. The van der Waals surface area contributed by atoms with Gasteiger partial charge in [-0.15, -0.1) is 0 Å². The standard InChI is InChI=1S/C25H27NO6/c1-25(2,3)18-9-6-16(7-10-18)23(28)31-19-11-8-17-14-20(24(29)32-21(17)15-19)22(27)26-12-5-13-30-4/h6-11,14-15H,5,12-13H2,1-4H3,(H,26,27). The molecule has 2 aromatic carbocycles. The van der Waals surface area contributed by atoms with Gasteiger partial charge in [-0.25, -0.2) is 9.59 Å². The number of carbonyl (C=O) groups is 2. The molecule has 0 aliphatic rings. The van der Waals surface area contributed by atoms with Gasteiger partial charge < -0.3 is 19.2 Å². The molecule has 0 unspecified atom stereocenters.